The number of amidine groups is 1. The van der Waals surface area contributed by atoms with Crippen LogP contribution in [0, 0.1) is 0 Å². The monoisotopic (exact) mass is 517 g/mol. The van der Waals surface area contributed by atoms with Gasteiger partial charge in [-0.05, 0) is 67.3 Å². The van der Waals surface area contributed by atoms with E-state index in [4.69, 9.17) is 4.74 Å². The zero-order valence-corrected chi connectivity index (χ0v) is 17.2. The molecule has 2 aromatic carbocycles. The van der Waals surface area contributed by atoms with Crippen molar-refractivity contribution in [3.8, 4) is 5.75 Å². The van der Waals surface area contributed by atoms with Gasteiger partial charge in [0.15, 0.2) is 0 Å². The number of rotatable bonds is 3. The number of nitrogens with zero attached hydrogens (tertiary/aromatic N) is 3. The predicted octanol–water partition coefficient (Wildman–Crippen LogP) is 6.32. The Balaban J connectivity index is 1.71. The SMILES string of the molecule is Oc1c(Br)cc(C2=CN=C(OCc3ccc(C(F)(F)F)cc3)N=NC2)cc1Br. The summed E-state index contributed by atoms with van der Waals surface area (Å²) in [5, 5.41) is 17.7. The number of phenols is 1. The second kappa shape index (κ2) is 8.44. The number of benzene rings is 2. The molecule has 0 bridgehead atoms. The van der Waals surface area contributed by atoms with E-state index in [1.165, 1.54) is 12.1 Å². The zero-order chi connectivity index (χ0) is 20.3. The van der Waals surface area contributed by atoms with Gasteiger partial charge in [0.25, 0.3) is 0 Å². The largest absolute Gasteiger partial charge is 0.506 e. The van der Waals surface area contributed by atoms with Crippen molar-refractivity contribution in [1.82, 2.24) is 0 Å². The number of aromatic hydroxyl groups is 1. The summed E-state index contributed by atoms with van der Waals surface area (Å²) in [7, 11) is 0. The Hall–Kier alpha value is -2.20. The Morgan fingerprint density at radius 1 is 1.07 bits per heavy atom. The Labute approximate surface area is 174 Å². The normalized spacial score (nSPS) is 14.3. The van der Waals surface area contributed by atoms with Crippen LogP contribution in [0.2, 0.25) is 0 Å². The van der Waals surface area contributed by atoms with Crippen LogP contribution >= 0.6 is 31.9 Å². The molecule has 0 aromatic heterocycles. The average molecular weight is 519 g/mol. The van der Waals surface area contributed by atoms with Crippen molar-refractivity contribution in [3.05, 3.63) is 68.2 Å². The van der Waals surface area contributed by atoms with Crippen LogP contribution in [-0.4, -0.2) is 17.7 Å². The molecule has 0 amide bonds. The quantitative estimate of drug-likeness (QED) is 0.517. The van der Waals surface area contributed by atoms with Gasteiger partial charge in [-0.25, -0.2) is 4.99 Å². The van der Waals surface area contributed by atoms with Crippen molar-refractivity contribution >= 4 is 43.5 Å². The second-order valence-electron chi connectivity index (χ2n) is 5.74. The lowest BCUT2D eigenvalue weighted by Crippen LogP contribution is -2.05. The van der Waals surface area contributed by atoms with E-state index in [0.29, 0.717) is 14.5 Å². The van der Waals surface area contributed by atoms with Crippen molar-refractivity contribution in [1.29, 1.82) is 0 Å². The topological polar surface area (TPSA) is 66.5 Å². The third-order valence-electron chi connectivity index (χ3n) is 3.77. The standard InChI is InChI=1S/C18H12Br2F3N3O2/c19-14-5-11(6-15(20)16(14)27)12-7-24-17(26-25-8-12)28-9-10-1-3-13(4-2-10)18(21,22)23/h1-7,27H,8-9H2. The van der Waals surface area contributed by atoms with Gasteiger partial charge in [-0.1, -0.05) is 17.2 Å². The van der Waals surface area contributed by atoms with Gasteiger partial charge in [-0.15, -0.1) is 0 Å². The second-order valence-corrected chi connectivity index (χ2v) is 7.45. The molecule has 0 unspecified atom stereocenters. The number of phenolic OH excluding ortho intramolecular Hbond substituents is 1. The molecule has 1 aliphatic heterocycles. The van der Waals surface area contributed by atoms with Gasteiger partial charge >= 0.3 is 12.2 Å². The highest BCUT2D eigenvalue weighted by atomic mass is 79.9. The lowest BCUT2D eigenvalue weighted by Gasteiger charge is -2.08. The molecule has 146 valence electrons. The van der Waals surface area contributed by atoms with Crippen LogP contribution in [0.5, 0.6) is 5.75 Å². The molecule has 0 spiro atoms. The van der Waals surface area contributed by atoms with E-state index < -0.39 is 11.7 Å². The summed E-state index contributed by atoms with van der Waals surface area (Å²) in [6.45, 7) is 0.260. The minimum absolute atomic E-state index is 0.00630. The maximum atomic E-state index is 12.6. The molecule has 0 fully saturated rings. The maximum Gasteiger partial charge on any atom is 0.416 e. The lowest BCUT2D eigenvalue weighted by molar-refractivity contribution is -0.137. The summed E-state index contributed by atoms with van der Waals surface area (Å²) in [6.07, 6.45) is -2.83. The van der Waals surface area contributed by atoms with E-state index in [1.54, 1.807) is 18.3 Å². The molecular formula is C18H12Br2F3N3O2. The molecule has 28 heavy (non-hydrogen) atoms. The number of ether oxygens (including phenoxy) is 1. The summed E-state index contributed by atoms with van der Waals surface area (Å²) in [4.78, 5) is 4.13. The van der Waals surface area contributed by atoms with E-state index in [0.717, 1.165) is 23.3 Å². The van der Waals surface area contributed by atoms with Gasteiger partial charge in [0.05, 0.1) is 21.1 Å². The van der Waals surface area contributed by atoms with Crippen LogP contribution in [0.25, 0.3) is 5.57 Å². The summed E-state index contributed by atoms with van der Waals surface area (Å²) < 4.78 is 44.2. The molecule has 10 heteroatoms. The molecule has 0 aliphatic carbocycles. The fourth-order valence-corrected chi connectivity index (χ4v) is 3.48. The molecule has 5 nitrogen and oxygen atoms in total. The Kier molecular flexibility index (Phi) is 6.19. The van der Waals surface area contributed by atoms with Gasteiger partial charge < -0.3 is 9.84 Å². The van der Waals surface area contributed by atoms with Gasteiger partial charge in [-0.2, -0.15) is 18.3 Å². The summed E-state index contributed by atoms with van der Waals surface area (Å²) in [5.74, 6) is 0.0867. The molecule has 0 saturated carbocycles. The number of hydrogen-bond donors (Lipinski definition) is 1. The summed E-state index contributed by atoms with van der Waals surface area (Å²) in [6, 6.07) is 8.12. The number of azo groups is 1. The number of halogens is 5. The van der Waals surface area contributed by atoms with Crippen LogP contribution in [0.1, 0.15) is 16.7 Å². The van der Waals surface area contributed by atoms with Crippen molar-refractivity contribution in [3.63, 3.8) is 0 Å². The van der Waals surface area contributed by atoms with E-state index in [2.05, 4.69) is 47.1 Å². The lowest BCUT2D eigenvalue weighted by atomic mass is 10.1. The minimum atomic E-state index is -4.38. The van der Waals surface area contributed by atoms with Crippen LogP contribution in [0.15, 0.2) is 66.8 Å². The molecule has 0 atom stereocenters. The van der Waals surface area contributed by atoms with Gasteiger partial charge in [0.1, 0.15) is 12.4 Å². The van der Waals surface area contributed by atoms with Crippen LogP contribution in [-0.2, 0) is 17.5 Å². The van der Waals surface area contributed by atoms with Crippen molar-refractivity contribution in [2.75, 3.05) is 6.54 Å². The highest BCUT2D eigenvalue weighted by Gasteiger charge is 2.29. The zero-order valence-electron chi connectivity index (χ0n) is 14.0. The fraction of sp³-hybridized carbons (Fsp3) is 0.167. The smallest absolute Gasteiger partial charge is 0.416 e. The third-order valence-corrected chi connectivity index (χ3v) is 4.97. The Morgan fingerprint density at radius 2 is 1.71 bits per heavy atom. The predicted molar refractivity (Wildman–Crippen MR) is 105 cm³/mol. The van der Waals surface area contributed by atoms with Crippen LogP contribution in [0.3, 0.4) is 0 Å². The molecule has 0 saturated heterocycles. The maximum absolute atomic E-state index is 12.6. The first kappa shape index (κ1) is 20.5. The first-order valence-corrected chi connectivity index (χ1v) is 9.44. The van der Waals surface area contributed by atoms with Crippen LogP contribution < -0.4 is 0 Å². The summed E-state index contributed by atoms with van der Waals surface area (Å²) in [5.41, 5.74) is 1.36. The molecular weight excluding hydrogens is 507 g/mol. The third kappa shape index (κ3) is 4.99. The van der Waals surface area contributed by atoms with Crippen molar-refractivity contribution in [2.45, 2.75) is 12.8 Å². The molecule has 1 heterocycles. The Morgan fingerprint density at radius 3 is 2.32 bits per heavy atom. The first-order chi connectivity index (χ1) is 13.2. The van der Waals surface area contributed by atoms with E-state index in [-0.39, 0.29) is 24.9 Å². The molecule has 0 radical (unpaired) electrons. The van der Waals surface area contributed by atoms with Crippen molar-refractivity contribution < 1.29 is 23.0 Å². The number of hydrogen-bond acceptors (Lipinski definition) is 5. The van der Waals surface area contributed by atoms with Gasteiger partial charge in [-0.3, -0.25) is 0 Å². The minimum Gasteiger partial charge on any atom is -0.506 e. The molecule has 2 aromatic rings. The van der Waals surface area contributed by atoms with Gasteiger partial charge in [0.2, 0.25) is 0 Å². The van der Waals surface area contributed by atoms with E-state index in [9.17, 15) is 18.3 Å². The fourth-order valence-electron chi connectivity index (χ4n) is 2.29. The van der Waals surface area contributed by atoms with E-state index in [1.807, 2.05) is 0 Å². The highest BCUT2D eigenvalue weighted by molar-refractivity contribution is 9.11. The van der Waals surface area contributed by atoms with E-state index >= 15 is 0 Å². The average Bonchev–Trinajstić information content (AvgIpc) is 2.89. The molecule has 1 aliphatic rings. The Bertz CT molecular complexity index is 948. The van der Waals surface area contributed by atoms with Crippen molar-refractivity contribution in [2.24, 2.45) is 15.2 Å². The van der Waals surface area contributed by atoms with Crippen LogP contribution in [0.4, 0.5) is 13.2 Å². The molecule has 1 N–H and O–H groups in total. The molecule has 3 rings (SSSR count). The highest BCUT2D eigenvalue weighted by Crippen LogP contribution is 2.35. The van der Waals surface area contributed by atoms with Gasteiger partial charge in [0, 0.05) is 11.8 Å². The summed E-state index contributed by atoms with van der Waals surface area (Å²) >= 11 is 6.54. The first-order valence-electron chi connectivity index (χ1n) is 7.85. The number of aliphatic imine (C=N–C) groups is 1. The number of alkyl halides is 3.